The lowest BCUT2D eigenvalue weighted by Crippen LogP contribution is -2.50. The van der Waals surface area contributed by atoms with E-state index in [-0.39, 0.29) is 30.2 Å². The number of aromatic nitrogens is 2. The number of nitrogens with one attached hydrogen (secondary N) is 2. The maximum Gasteiger partial charge on any atom is 0.243 e. The molecule has 0 spiro atoms. The highest BCUT2D eigenvalue weighted by atomic mass is 32.1. The minimum absolute atomic E-state index is 0.0424. The van der Waals surface area contributed by atoms with Crippen molar-refractivity contribution in [3.8, 4) is 11.3 Å². The number of hydrogen-bond acceptors (Lipinski definition) is 5. The Labute approximate surface area is 180 Å². The molecule has 2 heterocycles. The van der Waals surface area contributed by atoms with Crippen LogP contribution in [0.2, 0.25) is 0 Å². The maximum absolute atomic E-state index is 12.9. The minimum atomic E-state index is -0.610. The van der Waals surface area contributed by atoms with Gasteiger partial charge >= 0.3 is 0 Å². The van der Waals surface area contributed by atoms with Gasteiger partial charge in [0.15, 0.2) is 0 Å². The molecule has 0 fully saturated rings. The van der Waals surface area contributed by atoms with Gasteiger partial charge in [0.1, 0.15) is 11.0 Å². The van der Waals surface area contributed by atoms with Gasteiger partial charge in [-0.15, -0.1) is 11.3 Å². The van der Waals surface area contributed by atoms with Crippen molar-refractivity contribution < 1.29 is 9.59 Å². The van der Waals surface area contributed by atoms with Crippen LogP contribution in [0.3, 0.4) is 0 Å². The van der Waals surface area contributed by atoms with Crippen LogP contribution >= 0.6 is 11.3 Å². The first-order chi connectivity index (χ1) is 14.4. The normalized spacial score (nSPS) is 12.9. The van der Waals surface area contributed by atoms with Gasteiger partial charge in [0.05, 0.1) is 18.2 Å². The van der Waals surface area contributed by atoms with E-state index in [0.717, 1.165) is 21.8 Å². The summed E-state index contributed by atoms with van der Waals surface area (Å²) < 4.78 is 0. The van der Waals surface area contributed by atoms with Gasteiger partial charge in [0.2, 0.25) is 11.8 Å². The zero-order valence-electron chi connectivity index (χ0n) is 17.3. The van der Waals surface area contributed by atoms with E-state index in [0.29, 0.717) is 0 Å². The first-order valence-corrected chi connectivity index (χ1v) is 10.8. The van der Waals surface area contributed by atoms with Gasteiger partial charge in [-0.05, 0) is 30.5 Å². The van der Waals surface area contributed by atoms with E-state index in [9.17, 15) is 9.59 Å². The molecule has 0 radical (unpaired) electrons. The van der Waals surface area contributed by atoms with Gasteiger partial charge in [0, 0.05) is 23.3 Å². The summed E-state index contributed by atoms with van der Waals surface area (Å²) in [7, 11) is 0. The molecule has 0 aliphatic carbocycles. The summed E-state index contributed by atoms with van der Waals surface area (Å²) in [6, 6.07) is 12.4. The third-order valence-corrected chi connectivity index (χ3v) is 5.71. The summed E-state index contributed by atoms with van der Waals surface area (Å²) in [6.07, 6.45) is 3.73. The van der Waals surface area contributed by atoms with E-state index in [1.165, 1.54) is 11.3 Å². The molecule has 2 N–H and O–H groups in total. The van der Waals surface area contributed by atoms with Crippen LogP contribution in [0.15, 0.2) is 60.2 Å². The molecule has 156 valence electrons. The fourth-order valence-electron chi connectivity index (χ4n) is 3.04. The van der Waals surface area contributed by atoms with Gasteiger partial charge in [-0.3, -0.25) is 14.6 Å². The third-order valence-electron chi connectivity index (χ3n) is 4.68. The van der Waals surface area contributed by atoms with Gasteiger partial charge in [-0.1, -0.05) is 44.2 Å². The lowest BCUT2D eigenvalue weighted by Gasteiger charge is -2.23. The smallest absolute Gasteiger partial charge is 0.243 e. The Morgan fingerprint density at radius 2 is 1.80 bits per heavy atom. The number of hydrogen-bond donors (Lipinski definition) is 2. The molecule has 3 aromatic rings. The Morgan fingerprint density at radius 3 is 2.47 bits per heavy atom. The van der Waals surface area contributed by atoms with Crippen molar-refractivity contribution in [2.45, 2.75) is 39.3 Å². The molecule has 0 aliphatic heterocycles. The van der Waals surface area contributed by atoms with Gasteiger partial charge in [0.25, 0.3) is 0 Å². The number of pyridine rings is 1. The van der Waals surface area contributed by atoms with E-state index in [2.05, 4.69) is 20.6 Å². The summed E-state index contributed by atoms with van der Waals surface area (Å²) in [5.74, 6) is -0.424. The van der Waals surface area contributed by atoms with Crippen molar-refractivity contribution in [1.82, 2.24) is 20.6 Å². The third kappa shape index (κ3) is 5.73. The molecule has 2 unspecified atom stereocenters. The molecular weight excluding hydrogens is 396 g/mol. The monoisotopic (exact) mass is 422 g/mol. The Hall–Kier alpha value is -3.06. The number of amides is 2. The predicted molar refractivity (Wildman–Crippen MR) is 119 cm³/mol. The summed E-state index contributed by atoms with van der Waals surface area (Å²) in [4.78, 5) is 34.1. The molecular formula is C23H26N4O2S. The second-order valence-electron chi connectivity index (χ2n) is 7.49. The molecule has 1 aromatic carbocycles. The molecule has 7 heteroatoms. The lowest BCUT2D eigenvalue weighted by molar-refractivity contribution is -0.130. The SMILES string of the molecule is CC(NC(=O)C(NC(=O)Cc1ccccc1)C(C)C)c1nc(-c2cccnc2)cs1. The molecule has 6 nitrogen and oxygen atoms in total. The highest BCUT2D eigenvalue weighted by Crippen LogP contribution is 2.25. The predicted octanol–water partition coefficient (Wildman–Crippen LogP) is 3.77. The molecule has 3 rings (SSSR count). The first-order valence-electron chi connectivity index (χ1n) is 9.93. The Kier molecular flexibility index (Phi) is 7.30. The van der Waals surface area contributed by atoms with E-state index in [1.807, 2.05) is 68.6 Å². The van der Waals surface area contributed by atoms with Crippen LogP contribution in [0.4, 0.5) is 0 Å². The zero-order valence-corrected chi connectivity index (χ0v) is 18.1. The fourth-order valence-corrected chi connectivity index (χ4v) is 3.87. The van der Waals surface area contributed by atoms with E-state index in [1.54, 1.807) is 12.4 Å². The van der Waals surface area contributed by atoms with Crippen LogP contribution < -0.4 is 10.6 Å². The number of rotatable bonds is 8. The Morgan fingerprint density at radius 1 is 1.03 bits per heavy atom. The van der Waals surface area contributed by atoms with Crippen molar-refractivity contribution in [3.63, 3.8) is 0 Å². The van der Waals surface area contributed by atoms with Gasteiger partial charge in [-0.2, -0.15) is 0 Å². The molecule has 2 amide bonds. The molecule has 0 bridgehead atoms. The van der Waals surface area contributed by atoms with Crippen LogP contribution in [0.25, 0.3) is 11.3 Å². The van der Waals surface area contributed by atoms with Crippen LogP contribution in [0.1, 0.15) is 37.4 Å². The fraction of sp³-hybridized carbons (Fsp3) is 0.304. The highest BCUT2D eigenvalue weighted by molar-refractivity contribution is 7.10. The average Bonchev–Trinajstić information content (AvgIpc) is 3.23. The van der Waals surface area contributed by atoms with Crippen LogP contribution in [0.5, 0.6) is 0 Å². The van der Waals surface area contributed by atoms with Crippen molar-refractivity contribution in [2.24, 2.45) is 5.92 Å². The molecule has 0 aliphatic rings. The van der Waals surface area contributed by atoms with Crippen molar-refractivity contribution in [3.05, 3.63) is 70.8 Å². The summed E-state index contributed by atoms with van der Waals surface area (Å²) in [5, 5.41) is 8.63. The van der Waals surface area contributed by atoms with Crippen LogP contribution in [0, 0.1) is 5.92 Å². The second kappa shape index (κ2) is 10.1. The van der Waals surface area contributed by atoms with E-state index in [4.69, 9.17) is 0 Å². The second-order valence-corrected chi connectivity index (χ2v) is 8.38. The highest BCUT2D eigenvalue weighted by Gasteiger charge is 2.26. The lowest BCUT2D eigenvalue weighted by atomic mass is 10.0. The van der Waals surface area contributed by atoms with Crippen molar-refractivity contribution in [2.75, 3.05) is 0 Å². The van der Waals surface area contributed by atoms with Gasteiger partial charge in [-0.25, -0.2) is 4.98 Å². The topological polar surface area (TPSA) is 84.0 Å². The largest absolute Gasteiger partial charge is 0.345 e. The standard InChI is InChI=1S/C23H26N4O2S/c1-15(2)21(27-20(28)12-17-8-5-4-6-9-17)22(29)25-16(3)23-26-19(14-30-23)18-10-7-11-24-13-18/h4-11,13-16,21H,12H2,1-3H3,(H,25,29)(H,27,28). The first kappa shape index (κ1) is 21.6. The maximum atomic E-state index is 12.9. The van der Waals surface area contributed by atoms with Crippen molar-refractivity contribution in [1.29, 1.82) is 0 Å². The summed E-state index contributed by atoms with van der Waals surface area (Å²) >= 11 is 1.49. The minimum Gasteiger partial charge on any atom is -0.345 e. The number of carbonyl (C=O) groups excluding carboxylic acids is 2. The number of benzene rings is 1. The Bertz CT molecular complexity index is 973. The number of nitrogens with zero attached hydrogens (tertiary/aromatic N) is 2. The average molecular weight is 423 g/mol. The zero-order chi connectivity index (χ0) is 21.5. The van der Waals surface area contributed by atoms with Crippen LogP contribution in [-0.4, -0.2) is 27.8 Å². The Balaban J connectivity index is 1.62. The molecule has 2 atom stereocenters. The number of thiazole rings is 1. The molecule has 0 saturated carbocycles. The quantitative estimate of drug-likeness (QED) is 0.579. The van der Waals surface area contributed by atoms with E-state index < -0.39 is 6.04 Å². The summed E-state index contributed by atoms with van der Waals surface area (Å²) in [5.41, 5.74) is 2.68. The molecule has 0 saturated heterocycles. The molecule has 2 aromatic heterocycles. The van der Waals surface area contributed by atoms with Crippen LogP contribution in [-0.2, 0) is 16.0 Å². The van der Waals surface area contributed by atoms with Gasteiger partial charge < -0.3 is 10.6 Å². The molecule has 30 heavy (non-hydrogen) atoms. The number of carbonyl (C=O) groups is 2. The summed E-state index contributed by atoms with van der Waals surface area (Å²) in [6.45, 7) is 5.73. The van der Waals surface area contributed by atoms with E-state index >= 15 is 0 Å². The van der Waals surface area contributed by atoms with Crippen molar-refractivity contribution >= 4 is 23.2 Å².